The van der Waals surface area contributed by atoms with Crippen molar-refractivity contribution in [2.24, 2.45) is 5.73 Å². The fourth-order valence-corrected chi connectivity index (χ4v) is 1.76. The second-order valence-corrected chi connectivity index (χ2v) is 4.18. The summed E-state index contributed by atoms with van der Waals surface area (Å²) in [4.78, 5) is 12.5. The van der Waals surface area contributed by atoms with E-state index < -0.39 is 35.3 Å². The molecule has 7 nitrogen and oxygen atoms in total. The third-order valence-corrected chi connectivity index (χ3v) is 2.62. The molecule has 1 aromatic rings. The van der Waals surface area contributed by atoms with Crippen LogP contribution in [0, 0.1) is 0 Å². The number of hydrogen-bond acceptors (Lipinski definition) is 6. The van der Waals surface area contributed by atoms with Crippen LogP contribution >= 0.6 is 0 Å². The molecule has 0 saturated carbocycles. The molecule has 6 N–H and O–H groups in total. The summed E-state index contributed by atoms with van der Waals surface area (Å²) in [5.41, 5.74) is 5.86. The highest BCUT2D eigenvalue weighted by atomic mass is 16.4. The highest BCUT2D eigenvalue weighted by Crippen LogP contribution is 2.38. The van der Waals surface area contributed by atoms with Crippen molar-refractivity contribution in [3.63, 3.8) is 0 Å². The van der Waals surface area contributed by atoms with Crippen molar-refractivity contribution in [1.29, 1.82) is 0 Å². The topological polar surface area (TPSA) is 127 Å². The molecule has 0 heterocycles. The van der Waals surface area contributed by atoms with Gasteiger partial charge in [-0.15, -0.1) is 0 Å². The van der Waals surface area contributed by atoms with E-state index in [0.29, 0.717) is 5.56 Å². The van der Waals surface area contributed by atoms with Crippen LogP contribution in [0.15, 0.2) is 12.1 Å². The summed E-state index contributed by atoms with van der Waals surface area (Å²) in [5.74, 6) is -2.93. The SMILES string of the molecule is CN(C)C(c1cc(O)c(O)c(O)c1)C(N)C(=O)O. The Morgan fingerprint density at radius 3 is 2.00 bits per heavy atom. The first-order valence-electron chi connectivity index (χ1n) is 5.15. The molecule has 2 atom stereocenters. The molecule has 0 radical (unpaired) electrons. The Bertz CT molecular complexity index is 438. The number of benzene rings is 1. The highest BCUT2D eigenvalue weighted by Gasteiger charge is 2.29. The average Bonchev–Trinajstić information content (AvgIpc) is 2.25. The Morgan fingerprint density at radius 1 is 1.22 bits per heavy atom. The molecule has 0 amide bonds. The van der Waals surface area contributed by atoms with Crippen molar-refractivity contribution < 1.29 is 25.2 Å². The molecule has 0 aliphatic heterocycles. The fraction of sp³-hybridized carbons (Fsp3) is 0.364. The monoisotopic (exact) mass is 256 g/mol. The summed E-state index contributed by atoms with van der Waals surface area (Å²) in [6.07, 6.45) is 0. The number of nitrogens with two attached hydrogens (primary N) is 1. The molecule has 0 aliphatic rings. The number of aliphatic carboxylic acids is 1. The molecule has 100 valence electrons. The minimum absolute atomic E-state index is 0.294. The Hall–Kier alpha value is -1.99. The Labute approximate surface area is 104 Å². The lowest BCUT2D eigenvalue weighted by atomic mass is 9.98. The highest BCUT2D eigenvalue weighted by molar-refractivity contribution is 5.74. The quantitative estimate of drug-likeness (QED) is 0.473. The van der Waals surface area contributed by atoms with Crippen LogP contribution in [0.25, 0.3) is 0 Å². The zero-order valence-corrected chi connectivity index (χ0v) is 10.0. The van der Waals surface area contributed by atoms with Crippen LogP contribution < -0.4 is 5.73 Å². The van der Waals surface area contributed by atoms with Gasteiger partial charge in [0.25, 0.3) is 0 Å². The zero-order chi connectivity index (χ0) is 14.0. The minimum atomic E-state index is -1.23. The molecule has 0 spiro atoms. The lowest BCUT2D eigenvalue weighted by molar-refractivity contribution is -0.140. The average molecular weight is 256 g/mol. The standard InChI is InChI=1S/C11H16N2O5/c1-13(2)9(8(12)11(17)18)5-3-6(14)10(16)7(15)4-5/h3-4,8-9,14-16H,12H2,1-2H3,(H,17,18). The zero-order valence-electron chi connectivity index (χ0n) is 10.0. The van der Waals surface area contributed by atoms with E-state index in [4.69, 9.17) is 10.8 Å². The van der Waals surface area contributed by atoms with Crippen molar-refractivity contribution in [2.45, 2.75) is 12.1 Å². The van der Waals surface area contributed by atoms with Gasteiger partial charge < -0.3 is 31.1 Å². The number of carboxylic acid groups (broad SMARTS) is 1. The van der Waals surface area contributed by atoms with Crippen LogP contribution in [0.5, 0.6) is 17.2 Å². The van der Waals surface area contributed by atoms with E-state index in [9.17, 15) is 20.1 Å². The number of carboxylic acids is 1. The van der Waals surface area contributed by atoms with Gasteiger partial charge in [-0.3, -0.25) is 4.79 Å². The van der Waals surface area contributed by atoms with Gasteiger partial charge in [0, 0.05) is 0 Å². The first-order chi connectivity index (χ1) is 8.25. The molecule has 0 saturated heterocycles. The van der Waals surface area contributed by atoms with Crippen molar-refractivity contribution in [3.05, 3.63) is 17.7 Å². The molecule has 2 unspecified atom stereocenters. The Balaban J connectivity index is 3.27. The third-order valence-electron chi connectivity index (χ3n) is 2.62. The normalized spacial score (nSPS) is 14.4. The van der Waals surface area contributed by atoms with Crippen LogP contribution in [-0.2, 0) is 4.79 Å². The number of nitrogens with zero attached hydrogens (tertiary/aromatic N) is 1. The fourth-order valence-electron chi connectivity index (χ4n) is 1.76. The molecule has 0 aliphatic carbocycles. The van der Waals surface area contributed by atoms with Gasteiger partial charge in [0.1, 0.15) is 6.04 Å². The molecule has 0 fully saturated rings. The lowest BCUT2D eigenvalue weighted by Crippen LogP contribution is -2.43. The smallest absolute Gasteiger partial charge is 0.322 e. The number of phenolic OH excluding ortho intramolecular Hbond substituents is 3. The summed E-state index contributed by atoms with van der Waals surface area (Å²) < 4.78 is 0. The van der Waals surface area contributed by atoms with E-state index in [1.807, 2.05) is 0 Å². The van der Waals surface area contributed by atoms with Crippen LogP contribution in [0.1, 0.15) is 11.6 Å². The molecule has 0 bridgehead atoms. The largest absolute Gasteiger partial charge is 0.504 e. The van der Waals surface area contributed by atoms with E-state index in [1.165, 1.54) is 12.1 Å². The molecule has 1 aromatic carbocycles. The maximum absolute atomic E-state index is 10.9. The Morgan fingerprint density at radius 2 is 1.67 bits per heavy atom. The summed E-state index contributed by atoms with van der Waals surface area (Å²) in [6.45, 7) is 0. The summed E-state index contributed by atoms with van der Waals surface area (Å²) in [5, 5.41) is 37.0. The van der Waals surface area contributed by atoms with Crippen molar-refractivity contribution in [2.75, 3.05) is 14.1 Å². The minimum Gasteiger partial charge on any atom is -0.504 e. The second kappa shape index (κ2) is 5.11. The number of hydrogen-bond donors (Lipinski definition) is 5. The second-order valence-electron chi connectivity index (χ2n) is 4.18. The van der Waals surface area contributed by atoms with Gasteiger partial charge in [0.2, 0.25) is 0 Å². The number of rotatable bonds is 4. The van der Waals surface area contributed by atoms with Gasteiger partial charge in [-0.25, -0.2) is 0 Å². The first-order valence-corrected chi connectivity index (χ1v) is 5.15. The first kappa shape index (κ1) is 14.1. The maximum Gasteiger partial charge on any atom is 0.322 e. The van der Waals surface area contributed by atoms with Crippen LogP contribution in [0.4, 0.5) is 0 Å². The lowest BCUT2D eigenvalue weighted by Gasteiger charge is -2.28. The van der Waals surface area contributed by atoms with Gasteiger partial charge in [0.05, 0.1) is 6.04 Å². The van der Waals surface area contributed by atoms with E-state index in [-0.39, 0.29) is 0 Å². The molecular formula is C11H16N2O5. The van der Waals surface area contributed by atoms with E-state index in [0.717, 1.165) is 0 Å². The van der Waals surface area contributed by atoms with Crippen molar-refractivity contribution in [3.8, 4) is 17.2 Å². The number of phenols is 3. The number of likely N-dealkylation sites (N-methyl/N-ethyl adjacent to an activating group) is 1. The van der Waals surface area contributed by atoms with Gasteiger partial charge in [-0.05, 0) is 31.8 Å². The molecule has 1 rings (SSSR count). The van der Waals surface area contributed by atoms with E-state index in [2.05, 4.69) is 0 Å². The van der Waals surface area contributed by atoms with Crippen LogP contribution in [-0.4, -0.2) is 51.4 Å². The maximum atomic E-state index is 10.9. The summed E-state index contributed by atoms with van der Waals surface area (Å²) in [6, 6.07) is 0.355. The van der Waals surface area contributed by atoms with E-state index in [1.54, 1.807) is 19.0 Å². The van der Waals surface area contributed by atoms with Crippen molar-refractivity contribution in [1.82, 2.24) is 4.90 Å². The summed E-state index contributed by atoms with van der Waals surface area (Å²) >= 11 is 0. The predicted octanol–water partition coefficient (Wildman–Crippen LogP) is -0.182. The molecular weight excluding hydrogens is 240 g/mol. The predicted molar refractivity (Wildman–Crippen MR) is 63.5 cm³/mol. The number of aromatic hydroxyl groups is 3. The summed E-state index contributed by atoms with van der Waals surface area (Å²) in [7, 11) is 3.24. The van der Waals surface area contributed by atoms with Gasteiger partial charge >= 0.3 is 5.97 Å². The third kappa shape index (κ3) is 2.63. The molecule has 7 heteroatoms. The van der Waals surface area contributed by atoms with Gasteiger partial charge in [-0.1, -0.05) is 0 Å². The van der Waals surface area contributed by atoms with Crippen LogP contribution in [0.2, 0.25) is 0 Å². The van der Waals surface area contributed by atoms with Gasteiger partial charge in [0.15, 0.2) is 17.2 Å². The Kier molecular flexibility index (Phi) is 4.00. The molecule has 18 heavy (non-hydrogen) atoms. The van der Waals surface area contributed by atoms with E-state index >= 15 is 0 Å². The van der Waals surface area contributed by atoms with Gasteiger partial charge in [-0.2, -0.15) is 0 Å². The van der Waals surface area contributed by atoms with Crippen molar-refractivity contribution >= 4 is 5.97 Å². The molecule has 0 aromatic heterocycles. The van der Waals surface area contributed by atoms with Crippen LogP contribution in [0.3, 0.4) is 0 Å². The number of carbonyl (C=O) groups is 1.